The lowest BCUT2D eigenvalue weighted by Gasteiger charge is -2.31. The van der Waals surface area contributed by atoms with Crippen molar-refractivity contribution in [2.24, 2.45) is 5.92 Å². The monoisotopic (exact) mass is 293 g/mol. The Kier molecular flexibility index (Phi) is 4.72. The zero-order valence-corrected chi connectivity index (χ0v) is 12.5. The second kappa shape index (κ2) is 6.51. The lowest BCUT2D eigenvalue weighted by Crippen LogP contribution is -2.44. The highest BCUT2D eigenvalue weighted by Gasteiger charge is 2.38. The van der Waals surface area contributed by atoms with Crippen molar-refractivity contribution in [1.82, 2.24) is 9.97 Å². The number of anilines is 1. The Morgan fingerprint density at radius 1 is 1.38 bits per heavy atom. The van der Waals surface area contributed by atoms with Crippen molar-refractivity contribution < 1.29 is 19.1 Å². The minimum atomic E-state index is -0.820. The molecule has 0 saturated heterocycles. The fraction of sp³-hybridized carbons (Fsp3) is 0.571. The van der Waals surface area contributed by atoms with E-state index in [1.165, 1.54) is 6.20 Å². The number of ketones is 1. The largest absolute Gasteiger partial charge is 0.465 e. The summed E-state index contributed by atoms with van der Waals surface area (Å²) in [4.78, 5) is 34.5. The van der Waals surface area contributed by atoms with Gasteiger partial charge in [-0.1, -0.05) is 0 Å². The summed E-state index contributed by atoms with van der Waals surface area (Å²) in [5.74, 6) is -1.10. The topological polar surface area (TPSA) is 81.6 Å². The molecule has 0 fully saturated rings. The van der Waals surface area contributed by atoms with Gasteiger partial charge in [0.2, 0.25) is 0 Å². The van der Waals surface area contributed by atoms with Gasteiger partial charge in [0.1, 0.15) is 11.7 Å². The van der Waals surface area contributed by atoms with E-state index in [4.69, 9.17) is 9.47 Å². The summed E-state index contributed by atoms with van der Waals surface area (Å²) >= 11 is 0. The predicted molar refractivity (Wildman–Crippen MR) is 75.5 cm³/mol. The maximum atomic E-state index is 12.4. The molecule has 0 amide bonds. The number of carbonyl (C=O) groups is 2. The van der Waals surface area contributed by atoms with Crippen LogP contribution in [0.3, 0.4) is 0 Å². The Labute approximate surface area is 123 Å². The minimum absolute atomic E-state index is 0.233. The maximum absolute atomic E-state index is 12.4. The lowest BCUT2D eigenvalue weighted by atomic mass is 9.94. The number of Topliss-reactive ketones (excluding diaryl/α,β-unsaturated/α-hetero) is 1. The van der Waals surface area contributed by atoms with Crippen molar-refractivity contribution in [3.8, 4) is 6.01 Å². The van der Waals surface area contributed by atoms with Gasteiger partial charge < -0.3 is 14.4 Å². The fourth-order valence-corrected chi connectivity index (χ4v) is 2.25. The number of nitrogens with zero attached hydrogens (tertiary/aromatic N) is 3. The van der Waals surface area contributed by atoms with E-state index in [1.54, 1.807) is 6.92 Å². The Morgan fingerprint density at radius 3 is 2.76 bits per heavy atom. The molecular weight excluding hydrogens is 274 g/mol. The van der Waals surface area contributed by atoms with E-state index in [1.807, 2.05) is 18.7 Å². The van der Waals surface area contributed by atoms with Crippen molar-refractivity contribution in [3.05, 3.63) is 11.8 Å². The van der Waals surface area contributed by atoms with Crippen LogP contribution in [0.1, 0.15) is 31.1 Å². The number of ether oxygens (including phenoxy) is 2. The molecule has 1 aromatic rings. The summed E-state index contributed by atoms with van der Waals surface area (Å²) in [5.41, 5.74) is 0.338. The summed E-state index contributed by atoms with van der Waals surface area (Å²) in [7, 11) is 0. The average Bonchev–Trinajstić information content (AvgIpc) is 2.48. The summed E-state index contributed by atoms with van der Waals surface area (Å²) in [6, 6.07) is 0.233. The van der Waals surface area contributed by atoms with Crippen molar-refractivity contribution in [2.75, 3.05) is 31.2 Å². The van der Waals surface area contributed by atoms with Gasteiger partial charge in [0, 0.05) is 19.3 Å². The van der Waals surface area contributed by atoms with Gasteiger partial charge in [0.25, 0.3) is 0 Å². The Hall–Kier alpha value is -2.18. The predicted octanol–water partition coefficient (Wildman–Crippen LogP) is 1.08. The smallest absolute Gasteiger partial charge is 0.318 e. The van der Waals surface area contributed by atoms with Crippen LogP contribution in [-0.2, 0) is 9.53 Å². The van der Waals surface area contributed by atoms with Crippen molar-refractivity contribution >= 4 is 17.6 Å². The summed E-state index contributed by atoms with van der Waals surface area (Å²) in [5, 5.41) is 0. The molecule has 1 unspecified atom stereocenters. The van der Waals surface area contributed by atoms with Gasteiger partial charge in [-0.15, -0.1) is 0 Å². The van der Waals surface area contributed by atoms with Gasteiger partial charge in [-0.3, -0.25) is 9.59 Å². The molecule has 114 valence electrons. The summed E-state index contributed by atoms with van der Waals surface area (Å²) in [6.45, 7) is 7.08. The highest BCUT2D eigenvalue weighted by Crippen LogP contribution is 2.29. The first kappa shape index (κ1) is 15.2. The molecule has 0 spiro atoms. The quantitative estimate of drug-likeness (QED) is 0.593. The van der Waals surface area contributed by atoms with Crippen LogP contribution in [-0.4, -0.2) is 48.0 Å². The van der Waals surface area contributed by atoms with Crippen LogP contribution in [0.2, 0.25) is 0 Å². The number of hydrogen-bond acceptors (Lipinski definition) is 7. The number of rotatable bonds is 5. The van der Waals surface area contributed by atoms with Gasteiger partial charge in [-0.05, 0) is 20.8 Å². The van der Waals surface area contributed by atoms with Crippen LogP contribution in [0.5, 0.6) is 6.01 Å². The first-order chi connectivity index (χ1) is 10.1. The van der Waals surface area contributed by atoms with Crippen molar-refractivity contribution in [2.45, 2.75) is 20.8 Å². The van der Waals surface area contributed by atoms with E-state index in [0.717, 1.165) is 0 Å². The molecule has 7 nitrogen and oxygen atoms in total. The van der Waals surface area contributed by atoms with Crippen LogP contribution in [0.25, 0.3) is 0 Å². The second-order valence-corrected chi connectivity index (χ2v) is 4.53. The standard InChI is InChI=1S/C14H19N3O4/c1-4-17-8-10(13(19)20-5-2)11(18)9-7-15-14(21-6-3)16-12(9)17/h7,10H,4-6,8H2,1-3H3. The molecule has 0 radical (unpaired) electrons. The Bertz CT molecular complexity index is 547. The van der Waals surface area contributed by atoms with Gasteiger partial charge in [-0.25, -0.2) is 4.98 Å². The van der Waals surface area contributed by atoms with E-state index < -0.39 is 11.9 Å². The number of carbonyl (C=O) groups excluding carboxylic acids is 2. The molecule has 0 aliphatic carbocycles. The van der Waals surface area contributed by atoms with Crippen LogP contribution in [0.4, 0.5) is 5.82 Å². The molecule has 1 aliphatic heterocycles. The van der Waals surface area contributed by atoms with Gasteiger partial charge >= 0.3 is 12.0 Å². The molecule has 0 saturated carbocycles. The van der Waals surface area contributed by atoms with E-state index in [0.29, 0.717) is 24.5 Å². The third-order valence-electron chi connectivity index (χ3n) is 3.26. The zero-order valence-electron chi connectivity index (χ0n) is 12.5. The average molecular weight is 293 g/mol. The SMILES string of the molecule is CCOC(=O)C1CN(CC)c2nc(OCC)ncc2C1=O. The van der Waals surface area contributed by atoms with E-state index in [2.05, 4.69) is 9.97 Å². The summed E-state index contributed by atoms with van der Waals surface area (Å²) in [6.07, 6.45) is 1.42. The van der Waals surface area contributed by atoms with E-state index >= 15 is 0 Å². The van der Waals surface area contributed by atoms with Crippen molar-refractivity contribution in [3.63, 3.8) is 0 Å². The molecule has 1 atom stereocenters. The molecule has 0 bridgehead atoms. The first-order valence-electron chi connectivity index (χ1n) is 7.07. The molecule has 2 heterocycles. The van der Waals surface area contributed by atoms with Crippen LogP contribution in [0, 0.1) is 5.92 Å². The molecule has 2 rings (SSSR count). The Morgan fingerprint density at radius 2 is 2.14 bits per heavy atom. The third-order valence-corrected chi connectivity index (χ3v) is 3.26. The van der Waals surface area contributed by atoms with Gasteiger partial charge in [0.05, 0.1) is 18.8 Å². The highest BCUT2D eigenvalue weighted by molar-refractivity contribution is 6.12. The number of fused-ring (bicyclic) bond motifs is 1. The lowest BCUT2D eigenvalue weighted by molar-refractivity contribution is -0.145. The number of hydrogen-bond donors (Lipinski definition) is 0. The number of aromatic nitrogens is 2. The fourth-order valence-electron chi connectivity index (χ4n) is 2.25. The molecule has 7 heteroatoms. The minimum Gasteiger partial charge on any atom is -0.465 e. The first-order valence-corrected chi connectivity index (χ1v) is 7.07. The van der Waals surface area contributed by atoms with Gasteiger partial charge in [0.15, 0.2) is 5.78 Å². The van der Waals surface area contributed by atoms with E-state index in [9.17, 15) is 9.59 Å². The second-order valence-electron chi connectivity index (χ2n) is 4.53. The Balaban J connectivity index is 2.36. The molecule has 1 aliphatic rings. The highest BCUT2D eigenvalue weighted by atomic mass is 16.5. The van der Waals surface area contributed by atoms with Crippen LogP contribution >= 0.6 is 0 Å². The maximum Gasteiger partial charge on any atom is 0.318 e. The van der Waals surface area contributed by atoms with Crippen LogP contribution in [0.15, 0.2) is 6.20 Å². The normalized spacial score (nSPS) is 17.4. The molecule has 0 aromatic carbocycles. The van der Waals surface area contributed by atoms with Crippen molar-refractivity contribution in [1.29, 1.82) is 0 Å². The summed E-state index contributed by atoms with van der Waals surface area (Å²) < 4.78 is 10.2. The molecule has 0 N–H and O–H groups in total. The molecule has 21 heavy (non-hydrogen) atoms. The third kappa shape index (κ3) is 2.96. The zero-order chi connectivity index (χ0) is 15.4. The molecular formula is C14H19N3O4. The molecule has 1 aromatic heterocycles. The van der Waals surface area contributed by atoms with E-state index in [-0.39, 0.29) is 24.9 Å². The van der Waals surface area contributed by atoms with Crippen LogP contribution < -0.4 is 9.64 Å². The number of esters is 1. The van der Waals surface area contributed by atoms with Gasteiger partial charge in [-0.2, -0.15) is 4.98 Å².